The second kappa shape index (κ2) is 8.90. The van der Waals surface area contributed by atoms with Crippen molar-refractivity contribution in [3.8, 4) is 11.3 Å². The zero-order chi connectivity index (χ0) is 22.8. The van der Waals surface area contributed by atoms with Crippen LogP contribution in [-0.2, 0) is 0 Å². The number of nitrogen functional groups attached to an aromatic ring is 1. The highest BCUT2D eigenvalue weighted by Crippen LogP contribution is 2.30. The third kappa shape index (κ3) is 4.50. The number of rotatable bonds is 5. The molecule has 0 saturated heterocycles. The third-order valence-electron chi connectivity index (χ3n) is 6.18. The Morgan fingerprint density at radius 3 is 2.79 bits per heavy atom. The first-order valence-electron chi connectivity index (χ1n) is 11.3. The van der Waals surface area contributed by atoms with Crippen molar-refractivity contribution in [2.45, 2.75) is 44.7 Å². The number of pyridine rings is 1. The molecule has 3 heterocycles. The van der Waals surface area contributed by atoms with Crippen LogP contribution >= 0.6 is 0 Å². The molecule has 1 fully saturated rings. The van der Waals surface area contributed by atoms with E-state index in [2.05, 4.69) is 37.7 Å². The maximum absolute atomic E-state index is 12.5. The van der Waals surface area contributed by atoms with E-state index in [-0.39, 0.29) is 18.0 Å². The zero-order valence-corrected chi connectivity index (χ0v) is 18.5. The van der Waals surface area contributed by atoms with Crippen molar-refractivity contribution in [2.24, 2.45) is 0 Å². The Morgan fingerprint density at radius 1 is 1.09 bits per heavy atom. The Labute approximate surface area is 192 Å². The second-order valence-electron chi connectivity index (χ2n) is 8.63. The van der Waals surface area contributed by atoms with Crippen LogP contribution in [0.5, 0.6) is 0 Å². The lowest BCUT2D eigenvalue weighted by atomic mass is 9.91. The normalized spacial score (nSPS) is 18.2. The Morgan fingerprint density at radius 2 is 1.94 bits per heavy atom. The maximum atomic E-state index is 12.5. The van der Waals surface area contributed by atoms with Crippen molar-refractivity contribution in [3.05, 3.63) is 66.2 Å². The number of H-pyrrole nitrogens is 1. The lowest BCUT2D eigenvalue weighted by Crippen LogP contribution is -2.42. The van der Waals surface area contributed by atoms with Crippen LogP contribution in [-0.4, -0.2) is 37.9 Å². The predicted octanol–water partition coefficient (Wildman–Crippen LogP) is 4.06. The smallest absolute Gasteiger partial charge is 0.270 e. The summed E-state index contributed by atoms with van der Waals surface area (Å²) in [5.41, 5.74) is 10.7. The number of fused-ring (bicyclic) bond motifs is 1. The number of aromatic nitrogens is 4. The minimum absolute atomic E-state index is 0.0710. The quantitative estimate of drug-likeness (QED) is 0.370. The van der Waals surface area contributed by atoms with Crippen LogP contribution in [0.4, 0.5) is 11.6 Å². The van der Waals surface area contributed by atoms with Crippen LogP contribution < -0.4 is 16.4 Å². The van der Waals surface area contributed by atoms with Gasteiger partial charge in [-0.15, -0.1) is 0 Å². The summed E-state index contributed by atoms with van der Waals surface area (Å²) >= 11 is 0. The lowest BCUT2D eigenvalue weighted by Gasteiger charge is -2.30. The van der Waals surface area contributed by atoms with Crippen LogP contribution in [0.1, 0.15) is 41.7 Å². The van der Waals surface area contributed by atoms with Crippen molar-refractivity contribution >= 4 is 28.4 Å². The van der Waals surface area contributed by atoms with Gasteiger partial charge in [-0.2, -0.15) is 0 Å². The van der Waals surface area contributed by atoms with Crippen LogP contribution in [0.25, 0.3) is 22.2 Å². The first kappa shape index (κ1) is 20.9. The van der Waals surface area contributed by atoms with Crippen molar-refractivity contribution in [2.75, 3.05) is 11.1 Å². The molecule has 3 aromatic heterocycles. The number of hydrogen-bond acceptors (Lipinski definition) is 6. The van der Waals surface area contributed by atoms with E-state index in [1.807, 2.05) is 31.5 Å². The number of aryl methyl sites for hydroxylation is 1. The van der Waals surface area contributed by atoms with E-state index in [9.17, 15) is 4.79 Å². The van der Waals surface area contributed by atoms with E-state index in [4.69, 9.17) is 10.7 Å². The number of para-hydroxylation sites is 1. The number of nitrogens with two attached hydrogens (primary N) is 1. The molecule has 33 heavy (non-hydrogen) atoms. The fourth-order valence-corrected chi connectivity index (χ4v) is 4.49. The van der Waals surface area contributed by atoms with Crippen LogP contribution in [0, 0.1) is 6.92 Å². The van der Waals surface area contributed by atoms with Crippen molar-refractivity contribution in [1.82, 2.24) is 25.3 Å². The molecule has 5 N–H and O–H groups in total. The van der Waals surface area contributed by atoms with E-state index in [0.29, 0.717) is 17.3 Å². The monoisotopic (exact) mass is 441 g/mol. The first-order chi connectivity index (χ1) is 16.1. The molecule has 8 heteroatoms. The van der Waals surface area contributed by atoms with Crippen LogP contribution in [0.2, 0.25) is 0 Å². The Kier molecular flexibility index (Phi) is 5.64. The van der Waals surface area contributed by atoms with Crippen LogP contribution in [0.15, 0.2) is 55.0 Å². The fraction of sp³-hybridized carbons (Fsp3) is 0.280. The number of carbonyl (C=O) groups excluding carboxylic acids is 1. The topological polar surface area (TPSA) is 122 Å². The summed E-state index contributed by atoms with van der Waals surface area (Å²) < 4.78 is 0. The number of aromatic amines is 1. The van der Waals surface area contributed by atoms with E-state index >= 15 is 0 Å². The van der Waals surface area contributed by atoms with Gasteiger partial charge in [0.05, 0.1) is 17.6 Å². The summed E-state index contributed by atoms with van der Waals surface area (Å²) in [6, 6.07) is 11.8. The van der Waals surface area contributed by atoms with Crippen LogP contribution in [0.3, 0.4) is 0 Å². The molecule has 4 aromatic rings. The van der Waals surface area contributed by atoms with E-state index in [0.717, 1.165) is 53.4 Å². The standard InChI is InChI=1S/C25H27N7O/c1-15-12-29-25(32-23(15)20-14-28-21-8-3-2-7-19(20)21)31-18-6-4-5-17(11-18)30-24(33)22-10-9-16(26)13-27-22/h2-3,7-10,12-14,17-18,28H,4-6,11,26H2,1H3,(H,30,33)(H,29,31,32). The highest BCUT2D eigenvalue weighted by Gasteiger charge is 2.25. The molecule has 2 atom stereocenters. The minimum atomic E-state index is -0.172. The fourth-order valence-electron chi connectivity index (χ4n) is 4.49. The lowest BCUT2D eigenvalue weighted by molar-refractivity contribution is 0.0921. The average molecular weight is 442 g/mol. The second-order valence-corrected chi connectivity index (χ2v) is 8.63. The van der Waals surface area contributed by atoms with E-state index in [1.165, 1.54) is 6.20 Å². The molecular weight excluding hydrogens is 414 g/mol. The van der Waals surface area contributed by atoms with Gasteiger partial charge in [0.1, 0.15) is 5.69 Å². The summed E-state index contributed by atoms with van der Waals surface area (Å²) in [5.74, 6) is 0.437. The molecule has 1 amide bonds. The largest absolute Gasteiger partial charge is 0.397 e. The number of anilines is 2. The average Bonchev–Trinajstić information content (AvgIpc) is 3.25. The van der Waals surface area contributed by atoms with Gasteiger partial charge in [-0.25, -0.2) is 15.0 Å². The molecule has 0 spiro atoms. The van der Waals surface area contributed by atoms with E-state index in [1.54, 1.807) is 12.1 Å². The third-order valence-corrected chi connectivity index (χ3v) is 6.18. The minimum Gasteiger partial charge on any atom is -0.397 e. The molecule has 1 aliphatic rings. The summed E-state index contributed by atoms with van der Waals surface area (Å²) in [5, 5.41) is 7.74. The maximum Gasteiger partial charge on any atom is 0.270 e. The molecule has 5 rings (SSSR count). The predicted molar refractivity (Wildman–Crippen MR) is 130 cm³/mol. The zero-order valence-electron chi connectivity index (χ0n) is 18.5. The van der Waals surface area contributed by atoms with E-state index < -0.39 is 0 Å². The summed E-state index contributed by atoms with van der Waals surface area (Å²) in [6.07, 6.45) is 9.13. The molecule has 1 saturated carbocycles. The Bertz CT molecular complexity index is 1280. The summed E-state index contributed by atoms with van der Waals surface area (Å²) in [6.45, 7) is 2.03. The highest BCUT2D eigenvalue weighted by atomic mass is 16.1. The van der Waals surface area contributed by atoms with Crippen molar-refractivity contribution < 1.29 is 4.79 Å². The molecular formula is C25H27N7O. The molecule has 168 valence electrons. The summed E-state index contributed by atoms with van der Waals surface area (Å²) in [7, 11) is 0. The number of nitrogens with zero attached hydrogens (tertiary/aromatic N) is 3. The molecule has 8 nitrogen and oxygen atoms in total. The highest BCUT2D eigenvalue weighted by molar-refractivity contribution is 5.95. The molecule has 1 aliphatic carbocycles. The number of amides is 1. The van der Waals surface area contributed by atoms with Gasteiger partial charge >= 0.3 is 0 Å². The molecule has 0 aliphatic heterocycles. The van der Waals surface area contributed by atoms with Gasteiger partial charge in [-0.05, 0) is 56.4 Å². The molecule has 1 aromatic carbocycles. The Balaban J connectivity index is 1.29. The van der Waals surface area contributed by atoms with Gasteiger partial charge in [0.25, 0.3) is 5.91 Å². The van der Waals surface area contributed by atoms with Gasteiger partial charge in [-0.1, -0.05) is 18.2 Å². The van der Waals surface area contributed by atoms with Crippen molar-refractivity contribution in [3.63, 3.8) is 0 Å². The number of benzene rings is 1. The molecule has 0 radical (unpaired) electrons. The van der Waals surface area contributed by atoms with Gasteiger partial charge in [-0.3, -0.25) is 4.79 Å². The van der Waals surface area contributed by atoms with Gasteiger partial charge in [0, 0.05) is 40.9 Å². The number of hydrogen-bond donors (Lipinski definition) is 4. The number of carbonyl (C=O) groups is 1. The SMILES string of the molecule is Cc1cnc(NC2CCCC(NC(=O)c3ccc(N)cn3)C2)nc1-c1c[nH]c2ccccc12. The van der Waals surface area contributed by atoms with Gasteiger partial charge in [0.2, 0.25) is 5.95 Å². The van der Waals surface area contributed by atoms with Gasteiger partial charge in [0.15, 0.2) is 0 Å². The van der Waals surface area contributed by atoms with Gasteiger partial charge < -0.3 is 21.4 Å². The first-order valence-corrected chi connectivity index (χ1v) is 11.3. The summed E-state index contributed by atoms with van der Waals surface area (Å²) in [4.78, 5) is 29.4. The number of nitrogens with one attached hydrogen (secondary N) is 3. The molecule has 2 unspecified atom stereocenters. The Hall–Kier alpha value is -3.94. The molecule has 0 bridgehead atoms. The van der Waals surface area contributed by atoms with Crippen molar-refractivity contribution in [1.29, 1.82) is 0 Å².